The van der Waals surface area contributed by atoms with Gasteiger partial charge in [0.2, 0.25) is 0 Å². The highest BCUT2D eigenvalue weighted by atomic mass is 35.5. The van der Waals surface area contributed by atoms with Crippen molar-refractivity contribution in [1.29, 1.82) is 0 Å². The predicted octanol–water partition coefficient (Wildman–Crippen LogP) is 4.77. The maximum atomic E-state index is 6.20. The molecule has 19 heavy (non-hydrogen) atoms. The Morgan fingerprint density at radius 2 is 1.89 bits per heavy atom. The van der Waals surface area contributed by atoms with E-state index in [1.54, 1.807) is 0 Å². The number of hydrogen-bond acceptors (Lipinski definition) is 1. The molecule has 1 unspecified atom stereocenters. The van der Waals surface area contributed by atoms with Crippen molar-refractivity contribution in [2.24, 2.45) is 5.73 Å². The highest BCUT2D eigenvalue weighted by Crippen LogP contribution is 2.30. The van der Waals surface area contributed by atoms with Crippen molar-refractivity contribution in [3.05, 3.63) is 58.6 Å². The zero-order valence-corrected chi connectivity index (χ0v) is 12.2. The number of rotatable bonds is 4. The minimum absolute atomic E-state index is 0.490. The van der Waals surface area contributed by atoms with Crippen LogP contribution in [-0.4, -0.2) is 6.54 Å². The number of halogens is 1. The van der Waals surface area contributed by atoms with E-state index in [0.717, 1.165) is 23.6 Å². The quantitative estimate of drug-likeness (QED) is 0.853. The first kappa shape index (κ1) is 14.1. The molecule has 0 aromatic heterocycles. The number of hydrogen-bond donors (Lipinski definition) is 1. The fourth-order valence-electron chi connectivity index (χ4n) is 2.35. The molecule has 2 aromatic carbocycles. The van der Waals surface area contributed by atoms with Crippen molar-refractivity contribution < 1.29 is 0 Å². The summed E-state index contributed by atoms with van der Waals surface area (Å²) in [5, 5.41) is 0.818. The van der Waals surface area contributed by atoms with E-state index in [-0.39, 0.29) is 0 Å². The molecule has 2 heteroatoms. The van der Waals surface area contributed by atoms with Gasteiger partial charge in [0.25, 0.3) is 0 Å². The van der Waals surface area contributed by atoms with Crippen LogP contribution in [0.5, 0.6) is 0 Å². The lowest BCUT2D eigenvalue weighted by Gasteiger charge is -2.13. The van der Waals surface area contributed by atoms with Crippen molar-refractivity contribution in [1.82, 2.24) is 0 Å². The minimum atomic E-state index is 0.490. The molecule has 0 spiro atoms. The standard InChI is InChI=1S/C17H20ClN/c1-12(9-10-19)14-5-3-6-15(11-14)16-7-4-8-17(18)13(16)2/h3-8,11-12H,9-10,19H2,1-2H3. The van der Waals surface area contributed by atoms with Gasteiger partial charge in [-0.2, -0.15) is 0 Å². The fourth-order valence-corrected chi connectivity index (χ4v) is 2.52. The highest BCUT2D eigenvalue weighted by molar-refractivity contribution is 6.31. The normalized spacial score (nSPS) is 12.4. The molecule has 0 radical (unpaired) electrons. The minimum Gasteiger partial charge on any atom is -0.330 e. The van der Waals surface area contributed by atoms with Crippen LogP contribution < -0.4 is 5.73 Å². The molecule has 0 saturated carbocycles. The largest absolute Gasteiger partial charge is 0.330 e. The van der Waals surface area contributed by atoms with Gasteiger partial charge in [-0.05, 0) is 54.1 Å². The van der Waals surface area contributed by atoms with E-state index in [4.69, 9.17) is 17.3 Å². The summed E-state index contributed by atoms with van der Waals surface area (Å²) in [5.41, 5.74) is 10.5. The van der Waals surface area contributed by atoms with Crippen molar-refractivity contribution in [2.45, 2.75) is 26.2 Å². The van der Waals surface area contributed by atoms with Gasteiger partial charge in [0, 0.05) is 5.02 Å². The molecular weight excluding hydrogens is 254 g/mol. The Balaban J connectivity index is 2.40. The van der Waals surface area contributed by atoms with Crippen LogP contribution >= 0.6 is 11.6 Å². The summed E-state index contributed by atoms with van der Waals surface area (Å²) in [7, 11) is 0. The molecule has 2 rings (SSSR count). The number of nitrogens with two attached hydrogens (primary N) is 1. The van der Waals surface area contributed by atoms with Crippen LogP contribution in [0.2, 0.25) is 5.02 Å². The molecule has 1 atom stereocenters. The van der Waals surface area contributed by atoms with E-state index in [0.29, 0.717) is 5.92 Å². The first-order valence-electron chi connectivity index (χ1n) is 6.69. The van der Waals surface area contributed by atoms with Crippen molar-refractivity contribution in [3.63, 3.8) is 0 Å². The van der Waals surface area contributed by atoms with E-state index < -0.39 is 0 Å². The van der Waals surface area contributed by atoms with E-state index in [1.807, 2.05) is 12.1 Å². The SMILES string of the molecule is Cc1c(Cl)cccc1-c1cccc(C(C)CCN)c1. The van der Waals surface area contributed by atoms with Crippen molar-refractivity contribution in [2.75, 3.05) is 6.54 Å². The molecule has 0 bridgehead atoms. The summed E-state index contributed by atoms with van der Waals surface area (Å²) in [4.78, 5) is 0. The molecule has 0 amide bonds. The van der Waals surface area contributed by atoms with Gasteiger partial charge >= 0.3 is 0 Å². The Hall–Kier alpha value is -1.31. The number of benzene rings is 2. The second-order valence-corrected chi connectivity index (χ2v) is 5.42. The average molecular weight is 274 g/mol. The monoisotopic (exact) mass is 273 g/mol. The summed E-state index contributed by atoms with van der Waals surface area (Å²) in [6.45, 7) is 5.01. The van der Waals surface area contributed by atoms with Crippen LogP contribution in [0.1, 0.15) is 30.4 Å². The Bertz CT molecular complexity index is 563. The van der Waals surface area contributed by atoms with Gasteiger partial charge in [0.15, 0.2) is 0 Å². The van der Waals surface area contributed by atoms with Crippen molar-refractivity contribution in [3.8, 4) is 11.1 Å². The topological polar surface area (TPSA) is 26.0 Å². The third-order valence-corrected chi connectivity index (χ3v) is 4.04. The lowest BCUT2D eigenvalue weighted by atomic mass is 9.93. The fraction of sp³-hybridized carbons (Fsp3) is 0.294. The second-order valence-electron chi connectivity index (χ2n) is 5.02. The maximum absolute atomic E-state index is 6.20. The smallest absolute Gasteiger partial charge is 0.0441 e. The maximum Gasteiger partial charge on any atom is 0.0441 e. The molecule has 2 N–H and O–H groups in total. The molecule has 0 heterocycles. The zero-order valence-electron chi connectivity index (χ0n) is 11.5. The first-order chi connectivity index (χ1) is 9.13. The molecule has 1 nitrogen and oxygen atoms in total. The molecule has 0 fully saturated rings. The van der Waals surface area contributed by atoms with E-state index in [1.165, 1.54) is 16.7 Å². The molecule has 100 valence electrons. The Morgan fingerprint density at radius 1 is 1.16 bits per heavy atom. The third kappa shape index (κ3) is 3.17. The van der Waals surface area contributed by atoms with Gasteiger partial charge in [0.1, 0.15) is 0 Å². The van der Waals surface area contributed by atoms with Crippen LogP contribution in [0.15, 0.2) is 42.5 Å². The third-order valence-electron chi connectivity index (χ3n) is 3.63. The summed E-state index contributed by atoms with van der Waals surface area (Å²) < 4.78 is 0. The van der Waals surface area contributed by atoms with Gasteiger partial charge in [-0.25, -0.2) is 0 Å². The Kier molecular flexibility index (Phi) is 4.62. The van der Waals surface area contributed by atoms with Crippen LogP contribution in [-0.2, 0) is 0 Å². The van der Waals surface area contributed by atoms with Crippen LogP contribution in [0.4, 0.5) is 0 Å². The molecule has 2 aromatic rings. The van der Waals surface area contributed by atoms with E-state index in [9.17, 15) is 0 Å². The van der Waals surface area contributed by atoms with Gasteiger partial charge in [0.05, 0.1) is 0 Å². The summed E-state index contributed by atoms with van der Waals surface area (Å²) >= 11 is 6.20. The second kappa shape index (κ2) is 6.23. The Morgan fingerprint density at radius 3 is 2.63 bits per heavy atom. The summed E-state index contributed by atoms with van der Waals surface area (Å²) in [6, 6.07) is 14.7. The molecule has 0 saturated heterocycles. The molecule has 0 aliphatic heterocycles. The zero-order chi connectivity index (χ0) is 13.8. The van der Waals surface area contributed by atoms with E-state index >= 15 is 0 Å². The molecule has 0 aliphatic rings. The van der Waals surface area contributed by atoms with E-state index in [2.05, 4.69) is 44.2 Å². The van der Waals surface area contributed by atoms with Crippen LogP contribution in [0.25, 0.3) is 11.1 Å². The van der Waals surface area contributed by atoms with Crippen LogP contribution in [0.3, 0.4) is 0 Å². The predicted molar refractivity (Wildman–Crippen MR) is 83.7 cm³/mol. The highest BCUT2D eigenvalue weighted by Gasteiger charge is 2.08. The van der Waals surface area contributed by atoms with Crippen LogP contribution in [0, 0.1) is 6.92 Å². The lowest BCUT2D eigenvalue weighted by molar-refractivity contribution is 0.690. The molecule has 0 aliphatic carbocycles. The first-order valence-corrected chi connectivity index (χ1v) is 7.06. The Labute approximate surface area is 120 Å². The van der Waals surface area contributed by atoms with Crippen molar-refractivity contribution >= 4 is 11.6 Å². The summed E-state index contributed by atoms with van der Waals surface area (Å²) in [5.74, 6) is 0.490. The molecular formula is C17H20ClN. The van der Waals surface area contributed by atoms with Gasteiger partial charge in [-0.1, -0.05) is 54.9 Å². The lowest BCUT2D eigenvalue weighted by Crippen LogP contribution is -2.04. The van der Waals surface area contributed by atoms with Gasteiger partial charge in [-0.15, -0.1) is 0 Å². The summed E-state index contributed by atoms with van der Waals surface area (Å²) in [6.07, 6.45) is 1.01. The van der Waals surface area contributed by atoms with Gasteiger partial charge < -0.3 is 5.73 Å². The average Bonchev–Trinajstić information content (AvgIpc) is 2.42. The van der Waals surface area contributed by atoms with Gasteiger partial charge in [-0.3, -0.25) is 0 Å².